The Balaban J connectivity index is 1.68. The molecule has 2 N–H and O–H groups in total. The monoisotopic (exact) mass is 248 g/mol. The molecule has 1 aromatic carbocycles. The van der Waals surface area contributed by atoms with Crippen molar-refractivity contribution >= 4 is 0 Å². The number of piperidine rings is 1. The second-order valence-electron chi connectivity index (χ2n) is 4.92. The van der Waals surface area contributed by atoms with Crippen LogP contribution in [0.2, 0.25) is 0 Å². The molecule has 2 rings (SSSR count). The molecule has 0 saturated carbocycles. The fourth-order valence-corrected chi connectivity index (χ4v) is 2.52. The van der Waals surface area contributed by atoms with E-state index in [0.29, 0.717) is 6.04 Å². The van der Waals surface area contributed by atoms with Crippen molar-refractivity contribution < 1.29 is 4.74 Å². The zero-order valence-corrected chi connectivity index (χ0v) is 11.2. The van der Waals surface area contributed by atoms with Crippen LogP contribution < -0.4 is 15.4 Å². The van der Waals surface area contributed by atoms with Crippen molar-refractivity contribution in [3.05, 3.63) is 29.8 Å². The van der Waals surface area contributed by atoms with Crippen molar-refractivity contribution in [3.8, 4) is 5.75 Å². The molecule has 1 unspecified atom stereocenters. The molecule has 0 bridgehead atoms. The summed E-state index contributed by atoms with van der Waals surface area (Å²) in [4.78, 5) is 0. The van der Waals surface area contributed by atoms with Gasteiger partial charge in [-0.05, 0) is 38.4 Å². The zero-order chi connectivity index (χ0) is 12.6. The van der Waals surface area contributed by atoms with E-state index in [2.05, 4.69) is 22.8 Å². The maximum Gasteiger partial charge on any atom is 0.123 e. The van der Waals surface area contributed by atoms with E-state index in [0.717, 1.165) is 18.8 Å². The predicted octanol–water partition coefficient (Wildman–Crippen LogP) is 2.32. The molecule has 0 amide bonds. The van der Waals surface area contributed by atoms with Crippen LogP contribution in [0.4, 0.5) is 0 Å². The van der Waals surface area contributed by atoms with Gasteiger partial charge in [0, 0.05) is 18.2 Å². The van der Waals surface area contributed by atoms with Gasteiger partial charge >= 0.3 is 0 Å². The first-order valence-corrected chi connectivity index (χ1v) is 6.96. The smallest absolute Gasteiger partial charge is 0.123 e. The van der Waals surface area contributed by atoms with Gasteiger partial charge < -0.3 is 15.4 Å². The van der Waals surface area contributed by atoms with Gasteiger partial charge in [0.05, 0.1) is 7.11 Å². The predicted molar refractivity (Wildman–Crippen MR) is 75.0 cm³/mol. The molecule has 3 heteroatoms. The van der Waals surface area contributed by atoms with Gasteiger partial charge in [-0.2, -0.15) is 0 Å². The van der Waals surface area contributed by atoms with Crippen LogP contribution in [0.1, 0.15) is 31.2 Å². The molecule has 0 radical (unpaired) electrons. The minimum atomic E-state index is 0.712. The first kappa shape index (κ1) is 13.4. The molecule has 0 aliphatic carbocycles. The van der Waals surface area contributed by atoms with Gasteiger partial charge in [0.25, 0.3) is 0 Å². The first-order chi connectivity index (χ1) is 8.90. The van der Waals surface area contributed by atoms with E-state index in [9.17, 15) is 0 Å². The summed E-state index contributed by atoms with van der Waals surface area (Å²) < 4.78 is 5.34. The third-order valence-electron chi connectivity index (χ3n) is 3.59. The highest BCUT2D eigenvalue weighted by molar-refractivity contribution is 5.32. The lowest BCUT2D eigenvalue weighted by atomic mass is 10.0. The summed E-state index contributed by atoms with van der Waals surface area (Å²) >= 11 is 0. The van der Waals surface area contributed by atoms with Crippen LogP contribution in [-0.4, -0.2) is 26.2 Å². The van der Waals surface area contributed by atoms with Gasteiger partial charge in [0.15, 0.2) is 0 Å². The maximum atomic E-state index is 5.34. The number of para-hydroxylation sites is 1. The summed E-state index contributed by atoms with van der Waals surface area (Å²) in [6, 6.07) is 8.91. The fourth-order valence-electron chi connectivity index (χ4n) is 2.52. The molecular formula is C15H24N2O. The molecule has 0 aromatic heterocycles. The van der Waals surface area contributed by atoms with Crippen LogP contribution >= 0.6 is 0 Å². The minimum absolute atomic E-state index is 0.712. The van der Waals surface area contributed by atoms with Crippen molar-refractivity contribution in [1.29, 1.82) is 0 Å². The third-order valence-corrected chi connectivity index (χ3v) is 3.59. The van der Waals surface area contributed by atoms with E-state index in [4.69, 9.17) is 4.74 Å². The summed E-state index contributed by atoms with van der Waals surface area (Å²) in [7, 11) is 1.73. The molecule has 100 valence electrons. The van der Waals surface area contributed by atoms with Crippen LogP contribution in [0.5, 0.6) is 5.75 Å². The molecule has 1 atom stereocenters. The lowest BCUT2D eigenvalue weighted by Crippen LogP contribution is -2.36. The SMILES string of the molecule is COc1ccccc1CNCCC1CCCCN1. The molecule has 0 spiro atoms. The Morgan fingerprint density at radius 2 is 2.22 bits per heavy atom. The van der Waals surface area contributed by atoms with Crippen molar-refractivity contribution in [2.24, 2.45) is 0 Å². The number of benzene rings is 1. The second kappa shape index (κ2) is 7.39. The fraction of sp³-hybridized carbons (Fsp3) is 0.600. The van der Waals surface area contributed by atoms with Crippen LogP contribution in [0.15, 0.2) is 24.3 Å². The van der Waals surface area contributed by atoms with Crippen molar-refractivity contribution in [3.63, 3.8) is 0 Å². The number of methoxy groups -OCH3 is 1. The van der Waals surface area contributed by atoms with Crippen molar-refractivity contribution in [2.45, 2.75) is 38.3 Å². The molecule has 1 fully saturated rings. The Bertz CT molecular complexity index is 348. The Labute approximate surface area is 110 Å². The Hall–Kier alpha value is -1.06. The van der Waals surface area contributed by atoms with Crippen LogP contribution in [-0.2, 0) is 6.54 Å². The molecule has 1 aromatic rings. The zero-order valence-electron chi connectivity index (χ0n) is 11.2. The molecule has 1 aliphatic rings. The highest BCUT2D eigenvalue weighted by Crippen LogP contribution is 2.16. The Morgan fingerprint density at radius 1 is 1.33 bits per heavy atom. The van der Waals surface area contributed by atoms with E-state index in [-0.39, 0.29) is 0 Å². The van der Waals surface area contributed by atoms with Gasteiger partial charge in [0.1, 0.15) is 5.75 Å². The lowest BCUT2D eigenvalue weighted by molar-refractivity contribution is 0.374. The molecule has 1 saturated heterocycles. The molecule has 1 aliphatic heterocycles. The topological polar surface area (TPSA) is 33.3 Å². The van der Waals surface area contributed by atoms with Crippen molar-refractivity contribution in [1.82, 2.24) is 10.6 Å². The lowest BCUT2D eigenvalue weighted by Gasteiger charge is -2.23. The van der Waals surface area contributed by atoms with E-state index in [1.807, 2.05) is 12.1 Å². The molecular weight excluding hydrogens is 224 g/mol. The third kappa shape index (κ3) is 4.00. The van der Waals surface area contributed by atoms with Crippen LogP contribution in [0.25, 0.3) is 0 Å². The highest BCUT2D eigenvalue weighted by atomic mass is 16.5. The van der Waals surface area contributed by atoms with E-state index in [1.165, 1.54) is 37.8 Å². The first-order valence-electron chi connectivity index (χ1n) is 6.96. The quantitative estimate of drug-likeness (QED) is 0.758. The van der Waals surface area contributed by atoms with Gasteiger partial charge in [0.2, 0.25) is 0 Å². The number of ether oxygens (including phenoxy) is 1. The van der Waals surface area contributed by atoms with E-state index < -0.39 is 0 Å². The van der Waals surface area contributed by atoms with Gasteiger partial charge in [-0.25, -0.2) is 0 Å². The normalized spacial score (nSPS) is 19.7. The minimum Gasteiger partial charge on any atom is -0.496 e. The summed E-state index contributed by atoms with van der Waals surface area (Å²) in [5.41, 5.74) is 1.23. The highest BCUT2D eigenvalue weighted by Gasteiger charge is 2.11. The molecule has 1 heterocycles. The van der Waals surface area contributed by atoms with Crippen molar-refractivity contribution in [2.75, 3.05) is 20.2 Å². The number of hydrogen-bond acceptors (Lipinski definition) is 3. The molecule has 3 nitrogen and oxygen atoms in total. The summed E-state index contributed by atoms with van der Waals surface area (Å²) in [5, 5.41) is 7.08. The second-order valence-corrected chi connectivity index (χ2v) is 4.92. The maximum absolute atomic E-state index is 5.34. The standard InChI is InChI=1S/C15H24N2O/c1-18-15-8-3-2-6-13(15)12-16-11-9-14-7-4-5-10-17-14/h2-3,6,8,14,16-17H,4-5,7,9-12H2,1H3. The average molecular weight is 248 g/mol. The van der Waals surface area contributed by atoms with E-state index >= 15 is 0 Å². The average Bonchev–Trinajstić information content (AvgIpc) is 2.45. The largest absolute Gasteiger partial charge is 0.496 e. The summed E-state index contributed by atoms with van der Waals surface area (Å²) in [6.07, 6.45) is 5.26. The van der Waals surface area contributed by atoms with Gasteiger partial charge in [-0.1, -0.05) is 24.6 Å². The molecule has 18 heavy (non-hydrogen) atoms. The van der Waals surface area contributed by atoms with Crippen LogP contribution in [0.3, 0.4) is 0 Å². The number of rotatable bonds is 6. The van der Waals surface area contributed by atoms with Crippen LogP contribution in [0, 0.1) is 0 Å². The summed E-state index contributed by atoms with van der Waals surface area (Å²) in [6.45, 7) is 3.14. The van der Waals surface area contributed by atoms with Gasteiger partial charge in [-0.15, -0.1) is 0 Å². The number of nitrogens with one attached hydrogen (secondary N) is 2. The number of hydrogen-bond donors (Lipinski definition) is 2. The Morgan fingerprint density at radius 3 is 3.00 bits per heavy atom. The van der Waals surface area contributed by atoms with Gasteiger partial charge in [-0.3, -0.25) is 0 Å². The summed E-state index contributed by atoms with van der Waals surface area (Å²) in [5.74, 6) is 0.973. The Kier molecular flexibility index (Phi) is 5.49. The van der Waals surface area contributed by atoms with E-state index in [1.54, 1.807) is 7.11 Å².